The van der Waals surface area contributed by atoms with Crippen LogP contribution in [0, 0.1) is 29.3 Å². The highest BCUT2D eigenvalue weighted by Crippen LogP contribution is 2.53. The van der Waals surface area contributed by atoms with Gasteiger partial charge in [0, 0.05) is 36.5 Å². The molecule has 4 rings (SSSR count). The number of benzene rings is 2. The fraction of sp³-hybridized carbons (Fsp3) is 0.481. The molecule has 0 spiro atoms. The highest BCUT2D eigenvalue weighted by atomic mass is 35.5. The van der Waals surface area contributed by atoms with E-state index in [0.29, 0.717) is 31.6 Å². The van der Waals surface area contributed by atoms with Crippen molar-refractivity contribution in [2.75, 3.05) is 19.0 Å². The number of ether oxygens (including phenoxy) is 1. The van der Waals surface area contributed by atoms with Crippen LogP contribution >= 0.6 is 11.6 Å². The molecule has 8 nitrogen and oxygen atoms in total. The number of halogens is 4. The van der Waals surface area contributed by atoms with E-state index >= 15 is 0 Å². The van der Waals surface area contributed by atoms with Gasteiger partial charge in [0.05, 0.1) is 33.8 Å². The van der Waals surface area contributed by atoms with Crippen LogP contribution in [0.5, 0.6) is 0 Å². The summed E-state index contributed by atoms with van der Waals surface area (Å²) in [7, 11) is -2.57. The molecule has 2 aromatic rings. The molecule has 218 valence electrons. The lowest BCUT2D eigenvalue weighted by molar-refractivity contribution is -0.133. The smallest absolute Gasteiger partial charge is 0.255 e. The number of carbonyl (C=O) groups is 2. The monoisotopic (exact) mass is 602 g/mol. The zero-order valence-electron chi connectivity index (χ0n) is 21.8. The van der Waals surface area contributed by atoms with Gasteiger partial charge in [-0.1, -0.05) is 11.6 Å². The summed E-state index contributed by atoms with van der Waals surface area (Å²) in [4.78, 5) is 25.0. The minimum Gasteiger partial charge on any atom is -0.389 e. The molecule has 2 unspecified atom stereocenters. The first-order chi connectivity index (χ1) is 18.8. The van der Waals surface area contributed by atoms with Crippen molar-refractivity contribution in [1.82, 2.24) is 5.32 Å². The molecule has 2 aliphatic carbocycles. The number of amides is 2. The normalized spacial score (nSPS) is 24.9. The predicted molar refractivity (Wildman–Crippen MR) is 141 cm³/mol. The Bertz CT molecular complexity index is 1390. The van der Waals surface area contributed by atoms with Gasteiger partial charge in [0.2, 0.25) is 5.91 Å². The number of hydrogen-bond donors (Lipinski definition) is 3. The maximum absolute atomic E-state index is 13.7. The number of nitrogens with one attached hydrogen (secondary N) is 2. The van der Waals surface area contributed by atoms with Gasteiger partial charge in [-0.25, -0.2) is 21.6 Å². The van der Waals surface area contributed by atoms with Crippen LogP contribution in [0.2, 0.25) is 5.02 Å². The Balaban J connectivity index is 1.51. The second kappa shape index (κ2) is 11.7. The molecule has 40 heavy (non-hydrogen) atoms. The van der Waals surface area contributed by atoms with Gasteiger partial charge in [-0.15, -0.1) is 0 Å². The molecule has 0 aromatic heterocycles. The van der Waals surface area contributed by atoms with Crippen molar-refractivity contribution in [2.45, 2.75) is 60.8 Å². The van der Waals surface area contributed by atoms with Crippen molar-refractivity contribution in [1.29, 1.82) is 0 Å². The molecule has 2 fully saturated rings. The highest BCUT2D eigenvalue weighted by molar-refractivity contribution is 7.92. The van der Waals surface area contributed by atoms with E-state index in [1.54, 1.807) is 6.92 Å². The van der Waals surface area contributed by atoms with Crippen LogP contribution in [0.3, 0.4) is 0 Å². The molecule has 2 bridgehead atoms. The number of anilines is 1. The second-order valence-corrected chi connectivity index (χ2v) is 13.2. The van der Waals surface area contributed by atoms with Crippen LogP contribution in [0.4, 0.5) is 18.9 Å². The number of fused-ring (bicyclic) bond motifs is 2. The fourth-order valence-electron chi connectivity index (χ4n) is 5.90. The van der Waals surface area contributed by atoms with Crippen molar-refractivity contribution in [3.63, 3.8) is 0 Å². The zero-order chi connectivity index (χ0) is 29.4. The summed E-state index contributed by atoms with van der Waals surface area (Å²) in [6.07, 6.45) is 1.20. The summed E-state index contributed by atoms with van der Waals surface area (Å²) in [5.41, 5.74) is -1.84. The Kier molecular flexibility index (Phi) is 8.84. The number of hydrogen-bond acceptors (Lipinski definition) is 6. The molecule has 0 saturated heterocycles. The summed E-state index contributed by atoms with van der Waals surface area (Å²) in [6, 6.07) is 4.51. The Labute approximate surface area is 235 Å². The Hall–Kier alpha value is -2.67. The SMILES string of the molecule is COCC(C)NC(=O)C[C@@]1(O)C2CC[C@H]1C[C@H](S(=O)(=O)c1cc(C(=O)Nc3cc(F)c(F)c(F)c3)ccc1Cl)C2. The summed E-state index contributed by atoms with van der Waals surface area (Å²) < 4.78 is 72.8. The number of carbonyl (C=O) groups excluding carboxylic acids is 2. The average Bonchev–Trinajstić information content (AvgIpc) is 3.03. The van der Waals surface area contributed by atoms with Gasteiger partial charge < -0.3 is 20.5 Å². The molecule has 2 amide bonds. The molecule has 13 heteroatoms. The van der Waals surface area contributed by atoms with Gasteiger partial charge >= 0.3 is 0 Å². The van der Waals surface area contributed by atoms with Gasteiger partial charge in [-0.3, -0.25) is 9.59 Å². The first-order valence-corrected chi connectivity index (χ1v) is 14.7. The third-order valence-corrected chi connectivity index (χ3v) is 10.5. The van der Waals surface area contributed by atoms with E-state index in [0.717, 1.165) is 6.07 Å². The number of sulfone groups is 1. The number of aliphatic hydroxyl groups is 1. The highest BCUT2D eigenvalue weighted by Gasteiger charge is 2.56. The summed E-state index contributed by atoms with van der Waals surface area (Å²) in [5.74, 6) is -6.76. The van der Waals surface area contributed by atoms with Crippen molar-refractivity contribution in [3.05, 3.63) is 58.4 Å². The molecule has 2 aromatic carbocycles. The quantitative estimate of drug-likeness (QED) is 0.369. The third-order valence-electron chi connectivity index (χ3n) is 7.82. The van der Waals surface area contributed by atoms with Crippen molar-refractivity contribution in [2.24, 2.45) is 11.8 Å². The second-order valence-electron chi connectivity index (χ2n) is 10.6. The lowest BCUT2D eigenvalue weighted by Crippen LogP contribution is -2.51. The summed E-state index contributed by atoms with van der Waals surface area (Å²) in [6.45, 7) is 2.09. The summed E-state index contributed by atoms with van der Waals surface area (Å²) in [5, 5.41) is 15.4. The Morgan fingerprint density at radius 1 is 1.12 bits per heavy atom. The standard InChI is InChI=1S/C27H30ClF3N2O6S/c1-14(13-39-2)32-24(34)12-27(36)16-4-5-17(27)9-19(8-16)40(37,38)23-7-15(3-6-20(23)28)26(35)33-18-10-21(29)25(31)22(30)11-18/h3,6-7,10-11,14,16-17,19,36H,4-5,8-9,12-13H2,1-2H3,(H,32,34)(H,33,35)/t14?,16-,17?,19-,27-/m0/s1. The van der Waals surface area contributed by atoms with E-state index in [9.17, 15) is 36.3 Å². The van der Waals surface area contributed by atoms with Gasteiger partial charge in [-0.05, 0) is 62.6 Å². The minimum atomic E-state index is -4.08. The Morgan fingerprint density at radius 2 is 1.73 bits per heavy atom. The average molecular weight is 603 g/mol. The summed E-state index contributed by atoms with van der Waals surface area (Å²) >= 11 is 6.25. The van der Waals surface area contributed by atoms with E-state index in [-0.39, 0.29) is 52.4 Å². The van der Waals surface area contributed by atoms with E-state index in [1.807, 2.05) is 0 Å². The van der Waals surface area contributed by atoms with Crippen molar-refractivity contribution < 1.29 is 41.0 Å². The Morgan fingerprint density at radius 3 is 2.30 bits per heavy atom. The van der Waals surface area contributed by atoms with Crippen LogP contribution in [0.1, 0.15) is 49.4 Å². The molecule has 3 N–H and O–H groups in total. The predicted octanol–water partition coefficient (Wildman–Crippen LogP) is 4.24. The lowest BCUT2D eigenvalue weighted by atomic mass is 9.72. The maximum Gasteiger partial charge on any atom is 0.255 e. The topological polar surface area (TPSA) is 122 Å². The minimum absolute atomic E-state index is 0.108. The third kappa shape index (κ3) is 6.00. The van der Waals surface area contributed by atoms with Crippen LogP contribution in [0.15, 0.2) is 35.2 Å². The van der Waals surface area contributed by atoms with Gasteiger partial charge in [0.15, 0.2) is 27.3 Å². The molecule has 5 atom stereocenters. The molecule has 0 aliphatic heterocycles. The molecular weight excluding hydrogens is 573 g/mol. The van der Waals surface area contributed by atoms with Crippen LogP contribution in [0.25, 0.3) is 0 Å². The molecule has 2 aliphatic rings. The zero-order valence-corrected chi connectivity index (χ0v) is 23.4. The van der Waals surface area contributed by atoms with Crippen LogP contribution < -0.4 is 10.6 Å². The van der Waals surface area contributed by atoms with E-state index in [1.165, 1.54) is 19.2 Å². The van der Waals surface area contributed by atoms with E-state index in [4.69, 9.17) is 16.3 Å². The molecule has 2 saturated carbocycles. The molecule has 0 heterocycles. The van der Waals surface area contributed by atoms with E-state index < -0.39 is 55.9 Å². The van der Waals surface area contributed by atoms with Gasteiger partial charge in [0.1, 0.15) is 0 Å². The first-order valence-electron chi connectivity index (χ1n) is 12.8. The molecular formula is C27H30ClF3N2O6S. The van der Waals surface area contributed by atoms with Crippen molar-refractivity contribution in [3.8, 4) is 0 Å². The van der Waals surface area contributed by atoms with Crippen LogP contribution in [-0.4, -0.2) is 55.9 Å². The van der Waals surface area contributed by atoms with Gasteiger partial charge in [0.25, 0.3) is 5.91 Å². The van der Waals surface area contributed by atoms with Crippen LogP contribution in [-0.2, 0) is 19.4 Å². The lowest BCUT2D eigenvalue weighted by Gasteiger charge is -2.42. The largest absolute Gasteiger partial charge is 0.389 e. The number of rotatable bonds is 9. The molecule has 0 radical (unpaired) electrons. The van der Waals surface area contributed by atoms with Gasteiger partial charge in [-0.2, -0.15) is 0 Å². The maximum atomic E-state index is 13.7. The van der Waals surface area contributed by atoms with Crippen molar-refractivity contribution >= 4 is 38.9 Å². The first kappa shape index (κ1) is 30.3. The number of methoxy groups -OCH3 is 1. The van der Waals surface area contributed by atoms with E-state index in [2.05, 4.69) is 10.6 Å². The fourth-order valence-corrected chi connectivity index (χ4v) is 8.30.